The van der Waals surface area contributed by atoms with Crippen molar-refractivity contribution in [2.24, 2.45) is 0 Å². The number of nitrogens with zero attached hydrogens (tertiary/aromatic N) is 2. The molecule has 0 aliphatic rings. The minimum atomic E-state index is -0.272. The molecule has 0 radical (unpaired) electrons. The fraction of sp³-hybridized carbons (Fsp3) is 0.167. The lowest BCUT2D eigenvalue weighted by Crippen LogP contribution is -2.26. The number of anilines is 1. The van der Waals surface area contributed by atoms with E-state index >= 15 is 0 Å². The summed E-state index contributed by atoms with van der Waals surface area (Å²) in [5.74, 6) is 2.41. The number of hydrogen-bond donors (Lipinski definition) is 0. The van der Waals surface area contributed by atoms with Crippen molar-refractivity contribution in [3.05, 3.63) is 58.3 Å². The molecule has 116 valence electrons. The highest BCUT2D eigenvalue weighted by molar-refractivity contribution is 9.10. The van der Waals surface area contributed by atoms with Crippen molar-refractivity contribution < 1.29 is 4.39 Å². The fourth-order valence-electron chi connectivity index (χ4n) is 2.33. The number of halogens is 2. The van der Waals surface area contributed by atoms with E-state index in [0.29, 0.717) is 12.1 Å². The minimum absolute atomic E-state index is 0.272. The van der Waals surface area contributed by atoms with Gasteiger partial charge in [-0.25, -0.2) is 9.37 Å². The molecular weight excluding hydrogens is 375 g/mol. The van der Waals surface area contributed by atoms with E-state index in [4.69, 9.17) is 6.42 Å². The number of terminal acetylenes is 1. The third-order valence-corrected chi connectivity index (χ3v) is 5.37. The van der Waals surface area contributed by atoms with Gasteiger partial charge in [-0.2, -0.15) is 0 Å². The van der Waals surface area contributed by atoms with Crippen LogP contribution in [0.4, 0.5) is 9.52 Å². The summed E-state index contributed by atoms with van der Waals surface area (Å²) in [6.07, 6.45) is 6.35. The summed E-state index contributed by atoms with van der Waals surface area (Å²) in [5.41, 5.74) is 1.90. The van der Waals surface area contributed by atoms with E-state index in [9.17, 15) is 4.39 Å². The summed E-state index contributed by atoms with van der Waals surface area (Å²) in [4.78, 5) is 6.58. The van der Waals surface area contributed by atoms with Gasteiger partial charge in [0, 0.05) is 17.1 Å². The van der Waals surface area contributed by atoms with Crippen LogP contribution in [-0.4, -0.2) is 18.1 Å². The second-order valence-electron chi connectivity index (χ2n) is 5.08. The zero-order chi connectivity index (χ0) is 16.2. The molecule has 0 bridgehead atoms. The van der Waals surface area contributed by atoms with Crippen molar-refractivity contribution in [3.63, 3.8) is 0 Å². The number of benzene rings is 2. The molecule has 3 aromatic rings. The van der Waals surface area contributed by atoms with Crippen LogP contribution in [0, 0.1) is 18.2 Å². The molecule has 0 atom stereocenters. The Bertz CT molecular complexity index is 869. The molecule has 23 heavy (non-hydrogen) atoms. The largest absolute Gasteiger partial charge is 0.337 e. The maximum absolute atomic E-state index is 13.3. The molecule has 5 heteroatoms. The van der Waals surface area contributed by atoms with Crippen molar-refractivity contribution >= 4 is 42.6 Å². The first kappa shape index (κ1) is 16.0. The third kappa shape index (κ3) is 3.72. The Balaban J connectivity index is 1.82. The van der Waals surface area contributed by atoms with Crippen LogP contribution in [0.3, 0.4) is 0 Å². The molecule has 0 aliphatic carbocycles. The van der Waals surface area contributed by atoms with E-state index < -0.39 is 0 Å². The lowest BCUT2D eigenvalue weighted by atomic mass is 10.1. The summed E-state index contributed by atoms with van der Waals surface area (Å²) >= 11 is 5.10. The average molecular weight is 389 g/mol. The fourth-order valence-corrected chi connectivity index (χ4v) is 3.79. The molecule has 0 saturated carbocycles. The second kappa shape index (κ2) is 7.12. The Morgan fingerprint density at radius 1 is 1.26 bits per heavy atom. The first-order valence-corrected chi connectivity index (χ1v) is 8.76. The lowest BCUT2D eigenvalue weighted by Gasteiger charge is -2.19. The van der Waals surface area contributed by atoms with Crippen LogP contribution in [-0.2, 0) is 6.42 Å². The van der Waals surface area contributed by atoms with Gasteiger partial charge in [0.1, 0.15) is 5.82 Å². The molecule has 0 amide bonds. The van der Waals surface area contributed by atoms with Crippen LogP contribution in [0.5, 0.6) is 0 Å². The van der Waals surface area contributed by atoms with Gasteiger partial charge < -0.3 is 4.90 Å². The molecule has 2 aromatic carbocycles. The van der Waals surface area contributed by atoms with E-state index in [-0.39, 0.29) is 5.82 Å². The number of rotatable bonds is 5. The van der Waals surface area contributed by atoms with Crippen molar-refractivity contribution in [2.45, 2.75) is 6.42 Å². The zero-order valence-corrected chi connectivity index (χ0v) is 14.7. The molecule has 0 unspecified atom stereocenters. The number of hydrogen-bond acceptors (Lipinski definition) is 3. The second-order valence-corrected chi connectivity index (χ2v) is 6.94. The predicted octanol–water partition coefficient (Wildman–Crippen LogP) is 4.88. The summed E-state index contributed by atoms with van der Waals surface area (Å²) in [5, 5.41) is 0.829. The summed E-state index contributed by atoms with van der Waals surface area (Å²) in [6.45, 7) is 1.24. The maximum atomic E-state index is 13.3. The topological polar surface area (TPSA) is 16.1 Å². The molecule has 3 rings (SSSR count). The van der Waals surface area contributed by atoms with Crippen molar-refractivity contribution in [1.82, 2.24) is 4.98 Å². The molecule has 1 heterocycles. The van der Waals surface area contributed by atoms with Gasteiger partial charge in [0.15, 0.2) is 5.13 Å². The average Bonchev–Trinajstić information content (AvgIpc) is 2.95. The zero-order valence-electron chi connectivity index (χ0n) is 12.3. The lowest BCUT2D eigenvalue weighted by molar-refractivity contribution is 0.629. The molecule has 0 N–H and O–H groups in total. The monoisotopic (exact) mass is 388 g/mol. The Labute approximate surface area is 147 Å². The summed E-state index contributed by atoms with van der Waals surface area (Å²) in [6, 6.07) is 12.8. The summed E-state index contributed by atoms with van der Waals surface area (Å²) < 4.78 is 15.4. The van der Waals surface area contributed by atoms with E-state index in [0.717, 1.165) is 27.3 Å². The van der Waals surface area contributed by atoms with Gasteiger partial charge in [-0.05, 0) is 30.2 Å². The van der Waals surface area contributed by atoms with Crippen molar-refractivity contribution in [1.29, 1.82) is 0 Å². The van der Waals surface area contributed by atoms with Gasteiger partial charge in [-0.3, -0.25) is 0 Å². The quantitative estimate of drug-likeness (QED) is 0.579. The van der Waals surface area contributed by atoms with E-state index in [1.807, 2.05) is 18.2 Å². The molecule has 1 aromatic heterocycles. The first-order valence-electron chi connectivity index (χ1n) is 7.15. The van der Waals surface area contributed by atoms with Crippen LogP contribution in [0.25, 0.3) is 10.2 Å². The molecule has 0 saturated heterocycles. The van der Waals surface area contributed by atoms with Crippen molar-refractivity contribution in [3.8, 4) is 12.3 Å². The van der Waals surface area contributed by atoms with Gasteiger partial charge in [-0.1, -0.05) is 51.4 Å². The first-order chi connectivity index (χ1) is 11.2. The highest BCUT2D eigenvalue weighted by atomic mass is 79.9. The Morgan fingerprint density at radius 3 is 2.87 bits per heavy atom. The van der Waals surface area contributed by atoms with Crippen LogP contribution >= 0.6 is 27.3 Å². The normalized spacial score (nSPS) is 10.7. The number of fused-ring (bicyclic) bond motifs is 1. The SMILES string of the molecule is C#CCN(CCc1ccccc1Br)c1nc2cc(F)ccc2s1. The van der Waals surface area contributed by atoms with Crippen LogP contribution < -0.4 is 4.90 Å². The standard InChI is InChI=1S/C18H14BrFN2S/c1-2-10-22(11-9-13-5-3-4-6-15(13)19)18-21-16-12-14(20)7-8-17(16)23-18/h1,3-8,12H,9-11H2. The minimum Gasteiger partial charge on any atom is -0.337 e. The van der Waals surface area contributed by atoms with Crippen molar-refractivity contribution in [2.75, 3.05) is 18.0 Å². The molecular formula is C18H14BrFN2S. The Kier molecular flexibility index (Phi) is 4.94. The smallest absolute Gasteiger partial charge is 0.187 e. The van der Waals surface area contributed by atoms with Crippen LogP contribution in [0.2, 0.25) is 0 Å². The van der Waals surface area contributed by atoms with E-state index in [1.165, 1.54) is 29.0 Å². The molecule has 0 spiro atoms. The Morgan fingerprint density at radius 2 is 2.09 bits per heavy atom. The molecule has 2 nitrogen and oxygen atoms in total. The maximum Gasteiger partial charge on any atom is 0.187 e. The van der Waals surface area contributed by atoms with Gasteiger partial charge in [0.05, 0.1) is 16.8 Å². The van der Waals surface area contributed by atoms with Crippen LogP contribution in [0.15, 0.2) is 46.9 Å². The Hall–Kier alpha value is -1.90. The summed E-state index contributed by atoms with van der Waals surface area (Å²) in [7, 11) is 0. The van der Waals surface area contributed by atoms with Gasteiger partial charge >= 0.3 is 0 Å². The van der Waals surface area contributed by atoms with Gasteiger partial charge in [-0.15, -0.1) is 6.42 Å². The van der Waals surface area contributed by atoms with Gasteiger partial charge in [0.25, 0.3) is 0 Å². The number of thiazole rings is 1. The number of aromatic nitrogens is 1. The van der Waals surface area contributed by atoms with E-state index in [2.05, 4.69) is 37.8 Å². The highest BCUT2D eigenvalue weighted by Gasteiger charge is 2.12. The van der Waals surface area contributed by atoms with Crippen LogP contribution in [0.1, 0.15) is 5.56 Å². The molecule has 0 aliphatic heterocycles. The predicted molar refractivity (Wildman–Crippen MR) is 98.5 cm³/mol. The van der Waals surface area contributed by atoms with Gasteiger partial charge in [0.2, 0.25) is 0 Å². The molecule has 0 fully saturated rings. The highest BCUT2D eigenvalue weighted by Crippen LogP contribution is 2.29. The third-order valence-electron chi connectivity index (χ3n) is 3.50. The van der Waals surface area contributed by atoms with E-state index in [1.54, 1.807) is 6.07 Å².